The average Bonchev–Trinajstić information content (AvgIpc) is 2.33. The van der Waals surface area contributed by atoms with E-state index >= 15 is 0 Å². The summed E-state index contributed by atoms with van der Waals surface area (Å²) in [4.78, 5) is 22.9. The van der Waals surface area contributed by atoms with Crippen LogP contribution in [0.25, 0.3) is 0 Å². The molecule has 0 heterocycles. The molecule has 0 saturated heterocycles. The molecule has 0 radical (unpaired) electrons. The number of urea groups is 1. The quantitative estimate of drug-likeness (QED) is 0.797. The first kappa shape index (κ1) is 14.7. The van der Waals surface area contributed by atoms with E-state index in [4.69, 9.17) is 16.7 Å². The SMILES string of the molecule is CC1(CNC(=O)Nc2cc(Cl)ccc2C(=O)O)CCC1. The summed E-state index contributed by atoms with van der Waals surface area (Å²) in [6.07, 6.45) is 3.40. The summed E-state index contributed by atoms with van der Waals surface area (Å²) in [7, 11) is 0. The summed E-state index contributed by atoms with van der Waals surface area (Å²) < 4.78 is 0. The minimum atomic E-state index is -1.11. The molecule has 5 nitrogen and oxygen atoms in total. The van der Waals surface area contributed by atoms with Crippen molar-refractivity contribution >= 4 is 29.3 Å². The Labute approximate surface area is 122 Å². The molecule has 0 aromatic heterocycles. The van der Waals surface area contributed by atoms with Crippen molar-refractivity contribution in [1.29, 1.82) is 0 Å². The van der Waals surface area contributed by atoms with E-state index in [2.05, 4.69) is 17.6 Å². The highest BCUT2D eigenvalue weighted by Gasteiger charge is 2.31. The molecule has 0 bridgehead atoms. The molecule has 0 unspecified atom stereocenters. The van der Waals surface area contributed by atoms with Crippen molar-refractivity contribution in [2.24, 2.45) is 5.41 Å². The standard InChI is InChI=1S/C14H17ClN2O3/c1-14(5-2-6-14)8-16-13(20)17-11-7-9(15)3-4-10(11)12(18)19/h3-4,7H,2,5-6,8H2,1H3,(H,18,19)(H2,16,17,20). The van der Waals surface area contributed by atoms with Crippen molar-refractivity contribution in [2.45, 2.75) is 26.2 Å². The third-order valence-electron chi connectivity index (χ3n) is 3.70. The van der Waals surface area contributed by atoms with Crippen LogP contribution in [0.1, 0.15) is 36.5 Å². The van der Waals surface area contributed by atoms with Gasteiger partial charge in [-0.15, -0.1) is 0 Å². The number of amides is 2. The van der Waals surface area contributed by atoms with Crippen LogP contribution < -0.4 is 10.6 Å². The van der Waals surface area contributed by atoms with Crippen LogP contribution in [-0.2, 0) is 0 Å². The highest BCUT2D eigenvalue weighted by molar-refractivity contribution is 6.31. The molecule has 0 aliphatic heterocycles. The molecule has 108 valence electrons. The van der Waals surface area contributed by atoms with E-state index in [0.717, 1.165) is 12.8 Å². The van der Waals surface area contributed by atoms with Crippen LogP contribution >= 0.6 is 11.6 Å². The molecule has 0 atom stereocenters. The van der Waals surface area contributed by atoms with Crippen LogP contribution in [0, 0.1) is 5.41 Å². The Morgan fingerprint density at radius 3 is 2.65 bits per heavy atom. The number of halogens is 1. The van der Waals surface area contributed by atoms with Gasteiger partial charge < -0.3 is 15.7 Å². The number of carbonyl (C=O) groups is 2. The Hall–Kier alpha value is -1.75. The average molecular weight is 297 g/mol. The molecule has 3 N–H and O–H groups in total. The zero-order valence-electron chi connectivity index (χ0n) is 11.2. The van der Waals surface area contributed by atoms with Gasteiger partial charge in [0.1, 0.15) is 0 Å². The maximum Gasteiger partial charge on any atom is 0.337 e. The largest absolute Gasteiger partial charge is 0.478 e. The minimum Gasteiger partial charge on any atom is -0.478 e. The fourth-order valence-corrected chi connectivity index (χ4v) is 2.40. The molecule has 6 heteroatoms. The highest BCUT2D eigenvalue weighted by atomic mass is 35.5. The van der Waals surface area contributed by atoms with Crippen molar-refractivity contribution in [3.8, 4) is 0 Å². The second kappa shape index (κ2) is 5.71. The van der Waals surface area contributed by atoms with Gasteiger partial charge in [0.25, 0.3) is 0 Å². The predicted octanol–water partition coefficient (Wildman–Crippen LogP) is 3.35. The lowest BCUT2D eigenvalue weighted by Gasteiger charge is -2.38. The molecule has 2 amide bonds. The first-order valence-electron chi connectivity index (χ1n) is 6.47. The fourth-order valence-electron chi connectivity index (χ4n) is 2.22. The van der Waals surface area contributed by atoms with Gasteiger partial charge in [-0.05, 0) is 36.5 Å². The number of hydrogen-bond donors (Lipinski definition) is 3. The summed E-state index contributed by atoms with van der Waals surface area (Å²) in [6, 6.07) is 3.86. The van der Waals surface area contributed by atoms with Gasteiger partial charge in [0.15, 0.2) is 0 Å². The Bertz CT molecular complexity index is 541. The molecule has 1 fully saturated rings. The Kier molecular flexibility index (Phi) is 4.18. The first-order chi connectivity index (χ1) is 9.39. The molecule has 2 rings (SSSR count). The number of carbonyl (C=O) groups excluding carboxylic acids is 1. The van der Waals surface area contributed by atoms with E-state index in [-0.39, 0.29) is 16.7 Å². The van der Waals surface area contributed by atoms with Crippen molar-refractivity contribution in [1.82, 2.24) is 5.32 Å². The van der Waals surface area contributed by atoms with E-state index in [1.54, 1.807) is 0 Å². The van der Waals surface area contributed by atoms with Crippen LogP contribution in [0.15, 0.2) is 18.2 Å². The molecule has 1 aliphatic rings. The maximum absolute atomic E-state index is 11.8. The highest BCUT2D eigenvalue weighted by Crippen LogP contribution is 2.39. The molecule has 1 saturated carbocycles. The predicted molar refractivity (Wildman–Crippen MR) is 77.4 cm³/mol. The second-order valence-electron chi connectivity index (χ2n) is 5.47. The van der Waals surface area contributed by atoms with Gasteiger partial charge in [0.2, 0.25) is 0 Å². The topological polar surface area (TPSA) is 78.4 Å². The zero-order valence-corrected chi connectivity index (χ0v) is 12.0. The molecule has 1 aliphatic carbocycles. The number of benzene rings is 1. The third kappa shape index (κ3) is 3.42. The number of hydrogen-bond acceptors (Lipinski definition) is 2. The lowest BCUT2D eigenvalue weighted by Crippen LogP contribution is -2.41. The van der Waals surface area contributed by atoms with Crippen LogP contribution in [0.5, 0.6) is 0 Å². The van der Waals surface area contributed by atoms with Crippen molar-refractivity contribution < 1.29 is 14.7 Å². The van der Waals surface area contributed by atoms with Gasteiger partial charge in [0, 0.05) is 11.6 Å². The van der Waals surface area contributed by atoms with Gasteiger partial charge in [-0.3, -0.25) is 0 Å². The Morgan fingerprint density at radius 1 is 1.40 bits per heavy atom. The summed E-state index contributed by atoms with van der Waals surface area (Å²) in [6.45, 7) is 2.71. The van der Waals surface area contributed by atoms with E-state index in [1.807, 2.05) is 0 Å². The third-order valence-corrected chi connectivity index (χ3v) is 3.93. The zero-order chi connectivity index (χ0) is 14.8. The lowest BCUT2D eigenvalue weighted by atomic mass is 9.70. The van der Waals surface area contributed by atoms with Gasteiger partial charge in [-0.25, -0.2) is 9.59 Å². The molecule has 20 heavy (non-hydrogen) atoms. The summed E-state index contributed by atoms with van der Waals surface area (Å²) in [5.41, 5.74) is 0.377. The van der Waals surface area contributed by atoms with Gasteiger partial charge in [0.05, 0.1) is 11.3 Å². The number of aromatic carboxylic acids is 1. The van der Waals surface area contributed by atoms with Crippen LogP contribution in [0.2, 0.25) is 5.02 Å². The van der Waals surface area contributed by atoms with Gasteiger partial charge >= 0.3 is 12.0 Å². The number of carboxylic acids is 1. The van der Waals surface area contributed by atoms with Crippen LogP contribution in [-0.4, -0.2) is 23.7 Å². The number of carboxylic acid groups (broad SMARTS) is 1. The van der Waals surface area contributed by atoms with E-state index in [1.165, 1.54) is 24.6 Å². The molecular formula is C14H17ClN2O3. The Balaban J connectivity index is 1.99. The first-order valence-corrected chi connectivity index (χ1v) is 6.85. The second-order valence-corrected chi connectivity index (χ2v) is 5.90. The van der Waals surface area contributed by atoms with E-state index in [9.17, 15) is 9.59 Å². The van der Waals surface area contributed by atoms with Crippen molar-refractivity contribution in [3.63, 3.8) is 0 Å². The Morgan fingerprint density at radius 2 is 2.10 bits per heavy atom. The van der Waals surface area contributed by atoms with E-state index in [0.29, 0.717) is 11.6 Å². The number of anilines is 1. The van der Waals surface area contributed by atoms with Crippen LogP contribution in [0.3, 0.4) is 0 Å². The molecule has 0 spiro atoms. The summed E-state index contributed by atoms with van der Waals surface area (Å²) >= 11 is 5.82. The smallest absolute Gasteiger partial charge is 0.337 e. The van der Waals surface area contributed by atoms with Gasteiger partial charge in [-0.2, -0.15) is 0 Å². The van der Waals surface area contributed by atoms with Crippen LogP contribution in [0.4, 0.5) is 10.5 Å². The summed E-state index contributed by atoms with van der Waals surface area (Å²) in [5, 5.41) is 14.7. The number of rotatable bonds is 4. The van der Waals surface area contributed by atoms with Crippen molar-refractivity contribution in [3.05, 3.63) is 28.8 Å². The van der Waals surface area contributed by atoms with E-state index < -0.39 is 12.0 Å². The summed E-state index contributed by atoms with van der Waals surface area (Å²) in [5.74, 6) is -1.11. The molecule has 1 aromatic carbocycles. The number of nitrogens with one attached hydrogen (secondary N) is 2. The fraction of sp³-hybridized carbons (Fsp3) is 0.429. The molecular weight excluding hydrogens is 280 g/mol. The minimum absolute atomic E-state index is 0.0133. The van der Waals surface area contributed by atoms with Gasteiger partial charge in [-0.1, -0.05) is 24.9 Å². The normalized spacial score (nSPS) is 16.1. The molecule has 1 aromatic rings. The van der Waals surface area contributed by atoms with Crippen molar-refractivity contribution in [2.75, 3.05) is 11.9 Å². The monoisotopic (exact) mass is 296 g/mol. The maximum atomic E-state index is 11.8. The lowest BCUT2D eigenvalue weighted by molar-refractivity contribution is 0.0698.